The van der Waals surface area contributed by atoms with E-state index < -0.39 is 17.9 Å². The summed E-state index contributed by atoms with van der Waals surface area (Å²) in [5, 5.41) is 5.33. The third-order valence-electron chi connectivity index (χ3n) is 3.62. The number of hydrogen-bond donors (Lipinski definition) is 3. The molecule has 2 aromatic carbocycles. The van der Waals surface area contributed by atoms with Gasteiger partial charge >= 0.3 is 0 Å². The fourth-order valence-electron chi connectivity index (χ4n) is 2.40. The molecule has 1 aliphatic heterocycles. The average Bonchev–Trinajstić information content (AvgIpc) is 2.55. The molecule has 7 heteroatoms. The highest BCUT2D eigenvalue weighted by atomic mass is 16.5. The van der Waals surface area contributed by atoms with E-state index in [2.05, 4.69) is 10.6 Å². The van der Waals surface area contributed by atoms with Crippen LogP contribution >= 0.6 is 0 Å². The number of ether oxygens (including phenoxy) is 1. The number of carbonyl (C=O) groups excluding carboxylic acids is 3. The van der Waals surface area contributed by atoms with Gasteiger partial charge in [0.15, 0.2) is 11.9 Å². The number of nitrogens with two attached hydrogens (primary N) is 1. The van der Waals surface area contributed by atoms with Gasteiger partial charge in [0.1, 0.15) is 0 Å². The van der Waals surface area contributed by atoms with Crippen LogP contribution in [0.25, 0.3) is 0 Å². The van der Waals surface area contributed by atoms with Gasteiger partial charge in [-0.05, 0) is 31.2 Å². The van der Waals surface area contributed by atoms with Crippen molar-refractivity contribution in [3.8, 4) is 5.75 Å². The van der Waals surface area contributed by atoms with Crippen LogP contribution in [0, 0.1) is 0 Å². The Hall–Kier alpha value is -3.35. The van der Waals surface area contributed by atoms with Crippen LogP contribution in [0.1, 0.15) is 27.6 Å². The second-order valence-electron chi connectivity index (χ2n) is 5.30. The van der Waals surface area contributed by atoms with Crippen LogP contribution in [0.2, 0.25) is 0 Å². The summed E-state index contributed by atoms with van der Waals surface area (Å²) in [6.45, 7) is 1.59. The Bertz CT molecular complexity index is 847. The Morgan fingerprint density at radius 1 is 1.12 bits per heavy atom. The number of amides is 3. The van der Waals surface area contributed by atoms with Crippen LogP contribution in [-0.2, 0) is 4.79 Å². The molecular formula is C17H15N3O4. The molecule has 122 valence electrons. The molecular weight excluding hydrogens is 310 g/mol. The van der Waals surface area contributed by atoms with Crippen molar-refractivity contribution < 1.29 is 19.1 Å². The molecule has 2 aromatic rings. The lowest BCUT2D eigenvalue weighted by Crippen LogP contribution is -2.35. The smallest absolute Gasteiger partial charge is 0.265 e. The highest BCUT2D eigenvalue weighted by molar-refractivity contribution is 6.11. The molecule has 0 fully saturated rings. The number of carbonyl (C=O) groups is 3. The third-order valence-corrected chi connectivity index (χ3v) is 3.62. The van der Waals surface area contributed by atoms with Gasteiger partial charge in [-0.2, -0.15) is 0 Å². The number of benzene rings is 2. The molecule has 0 aliphatic carbocycles. The van der Waals surface area contributed by atoms with Gasteiger partial charge in [-0.3, -0.25) is 14.4 Å². The summed E-state index contributed by atoms with van der Waals surface area (Å²) in [4.78, 5) is 35.7. The zero-order valence-corrected chi connectivity index (χ0v) is 12.8. The molecule has 0 bridgehead atoms. The fourth-order valence-corrected chi connectivity index (χ4v) is 2.40. The normalized spacial score (nSPS) is 15.7. The maximum atomic E-state index is 12.6. The van der Waals surface area contributed by atoms with Crippen molar-refractivity contribution in [2.45, 2.75) is 13.0 Å². The summed E-state index contributed by atoms with van der Waals surface area (Å²) < 4.78 is 5.55. The van der Waals surface area contributed by atoms with Gasteiger partial charge in [0.2, 0.25) is 0 Å². The molecule has 1 aliphatic rings. The number of para-hydroxylation sites is 2. The lowest BCUT2D eigenvalue weighted by Gasteiger charge is -2.25. The largest absolute Gasteiger partial charge is 0.478 e. The molecule has 1 heterocycles. The van der Waals surface area contributed by atoms with Crippen molar-refractivity contribution in [1.82, 2.24) is 0 Å². The van der Waals surface area contributed by atoms with Crippen molar-refractivity contribution in [3.63, 3.8) is 0 Å². The molecule has 24 heavy (non-hydrogen) atoms. The SMILES string of the molecule is CC1Oc2c(cccc2C(=O)Nc2ccccc2C(N)=O)NC1=O. The van der Waals surface area contributed by atoms with Crippen LogP contribution in [0.15, 0.2) is 42.5 Å². The summed E-state index contributed by atoms with van der Waals surface area (Å²) in [5.74, 6) is -1.10. The maximum Gasteiger partial charge on any atom is 0.265 e. The van der Waals surface area contributed by atoms with E-state index in [-0.39, 0.29) is 17.0 Å². The van der Waals surface area contributed by atoms with Gasteiger partial charge in [-0.1, -0.05) is 18.2 Å². The van der Waals surface area contributed by atoms with Crippen LogP contribution < -0.4 is 21.1 Å². The predicted molar refractivity (Wildman–Crippen MR) is 88.1 cm³/mol. The second kappa shape index (κ2) is 6.04. The summed E-state index contributed by atoms with van der Waals surface area (Å²) in [6, 6.07) is 11.3. The van der Waals surface area contributed by atoms with Crippen molar-refractivity contribution in [1.29, 1.82) is 0 Å². The number of nitrogens with one attached hydrogen (secondary N) is 2. The van der Waals surface area contributed by atoms with E-state index in [0.29, 0.717) is 17.1 Å². The van der Waals surface area contributed by atoms with E-state index >= 15 is 0 Å². The van der Waals surface area contributed by atoms with Gasteiger partial charge < -0.3 is 21.1 Å². The van der Waals surface area contributed by atoms with E-state index in [4.69, 9.17) is 10.5 Å². The van der Waals surface area contributed by atoms with Gasteiger partial charge in [0.25, 0.3) is 17.7 Å². The van der Waals surface area contributed by atoms with Crippen LogP contribution in [-0.4, -0.2) is 23.8 Å². The van der Waals surface area contributed by atoms with Crippen molar-refractivity contribution in [2.75, 3.05) is 10.6 Å². The standard InChI is InChI=1S/C17H15N3O4/c1-9-16(22)20-13-8-4-6-11(14(13)24-9)17(23)19-12-7-3-2-5-10(12)15(18)21/h2-9H,1H3,(H2,18,21)(H,19,23)(H,20,22). The molecule has 3 rings (SSSR count). The highest BCUT2D eigenvalue weighted by Gasteiger charge is 2.27. The second-order valence-corrected chi connectivity index (χ2v) is 5.30. The first-order valence-electron chi connectivity index (χ1n) is 7.28. The summed E-state index contributed by atoms with van der Waals surface area (Å²) in [7, 11) is 0. The number of rotatable bonds is 3. The molecule has 3 amide bonds. The number of hydrogen-bond acceptors (Lipinski definition) is 4. The first-order chi connectivity index (χ1) is 11.5. The van der Waals surface area contributed by atoms with Crippen molar-refractivity contribution >= 4 is 29.1 Å². The Morgan fingerprint density at radius 3 is 2.58 bits per heavy atom. The zero-order chi connectivity index (χ0) is 17.3. The topological polar surface area (TPSA) is 111 Å². The monoisotopic (exact) mass is 325 g/mol. The Morgan fingerprint density at radius 2 is 1.83 bits per heavy atom. The first-order valence-corrected chi connectivity index (χ1v) is 7.28. The van der Waals surface area contributed by atoms with E-state index in [1.54, 1.807) is 43.3 Å². The Kier molecular flexibility index (Phi) is 3.91. The summed E-state index contributed by atoms with van der Waals surface area (Å²) in [6.07, 6.45) is -0.704. The van der Waals surface area contributed by atoms with E-state index in [0.717, 1.165) is 0 Å². The minimum Gasteiger partial charge on any atom is -0.478 e. The molecule has 1 atom stereocenters. The van der Waals surface area contributed by atoms with Gasteiger partial charge in [-0.15, -0.1) is 0 Å². The molecule has 1 unspecified atom stereocenters. The highest BCUT2D eigenvalue weighted by Crippen LogP contribution is 2.33. The predicted octanol–water partition coefficient (Wildman–Crippen LogP) is 1.76. The minimum absolute atomic E-state index is 0.207. The zero-order valence-electron chi connectivity index (χ0n) is 12.8. The van der Waals surface area contributed by atoms with E-state index in [1.807, 2.05) is 0 Å². The van der Waals surface area contributed by atoms with Crippen LogP contribution in [0.3, 0.4) is 0 Å². The van der Waals surface area contributed by atoms with Gasteiger partial charge in [0, 0.05) is 0 Å². The van der Waals surface area contributed by atoms with Crippen LogP contribution in [0.5, 0.6) is 5.75 Å². The maximum absolute atomic E-state index is 12.6. The number of fused-ring (bicyclic) bond motifs is 1. The number of anilines is 2. The fraction of sp³-hybridized carbons (Fsp3) is 0.118. The van der Waals surface area contributed by atoms with Crippen molar-refractivity contribution in [3.05, 3.63) is 53.6 Å². The quantitative estimate of drug-likeness (QED) is 0.798. The molecule has 4 N–H and O–H groups in total. The summed E-state index contributed by atoms with van der Waals surface area (Å²) >= 11 is 0. The summed E-state index contributed by atoms with van der Waals surface area (Å²) in [5.41, 5.74) is 6.50. The van der Waals surface area contributed by atoms with E-state index in [1.165, 1.54) is 6.07 Å². The molecule has 0 saturated heterocycles. The minimum atomic E-state index is -0.704. The van der Waals surface area contributed by atoms with Crippen molar-refractivity contribution in [2.24, 2.45) is 5.73 Å². The van der Waals surface area contributed by atoms with Crippen LogP contribution in [0.4, 0.5) is 11.4 Å². The number of primary amides is 1. The Balaban J connectivity index is 1.94. The lowest BCUT2D eigenvalue weighted by atomic mass is 10.1. The molecule has 0 spiro atoms. The molecule has 0 radical (unpaired) electrons. The molecule has 7 nitrogen and oxygen atoms in total. The lowest BCUT2D eigenvalue weighted by molar-refractivity contribution is -0.122. The molecule has 0 aromatic heterocycles. The van der Waals surface area contributed by atoms with E-state index in [9.17, 15) is 14.4 Å². The first kappa shape index (κ1) is 15.5. The molecule has 0 saturated carbocycles. The average molecular weight is 325 g/mol. The third kappa shape index (κ3) is 2.79. The van der Waals surface area contributed by atoms with Gasteiger partial charge in [-0.25, -0.2) is 0 Å². The van der Waals surface area contributed by atoms with Gasteiger partial charge in [0.05, 0.1) is 22.5 Å². The Labute approximate surface area is 137 Å².